The van der Waals surface area contributed by atoms with Crippen molar-refractivity contribution in [2.24, 2.45) is 0 Å². The summed E-state index contributed by atoms with van der Waals surface area (Å²) in [6.07, 6.45) is 4.82. The Kier molecular flexibility index (Phi) is 4.16. The Hall–Kier alpha value is -3.58. The van der Waals surface area contributed by atoms with Crippen LogP contribution in [0.3, 0.4) is 0 Å². The predicted octanol–water partition coefficient (Wildman–Crippen LogP) is 4.15. The molecule has 2 aliphatic rings. The first-order valence-corrected chi connectivity index (χ1v) is 12.1. The minimum atomic E-state index is -3.74. The van der Waals surface area contributed by atoms with Crippen LogP contribution in [0.5, 0.6) is 0 Å². The van der Waals surface area contributed by atoms with Crippen molar-refractivity contribution in [1.82, 2.24) is 9.88 Å². The fourth-order valence-electron chi connectivity index (χ4n) is 4.83. The topological polar surface area (TPSA) is 73.5 Å². The Morgan fingerprint density at radius 3 is 2.62 bits per heavy atom. The molecule has 3 aromatic carbocycles. The first-order chi connectivity index (χ1) is 15.5. The summed E-state index contributed by atoms with van der Waals surface area (Å²) in [5.41, 5.74) is 4.04. The maximum Gasteiger partial charge on any atom is 0.265 e. The third-order valence-electron chi connectivity index (χ3n) is 6.46. The molecule has 4 aromatic rings. The normalized spacial score (nSPS) is 17.2. The van der Waals surface area contributed by atoms with Gasteiger partial charge in [-0.25, -0.2) is 8.42 Å². The zero-order valence-electron chi connectivity index (χ0n) is 17.3. The molecule has 0 atom stereocenters. The fourth-order valence-corrected chi connectivity index (χ4v) is 6.49. The van der Waals surface area contributed by atoms with E-state index in [0.29, 0.717) is 24.2 Å². The molecule has 1 amide bonds. The van der Waals surface area contributed by atoms with Gasteiger partial charge in [0.05, 0.1) is 10.6 Å². The number of carbonyl (C=O) groups excluding carboxylic acids is 1. The van der Waals surface area contributed by atoms with Crippen LogP contribution in [0.25, 0.3) is 27.2 Å². The molecule has 0 radical (unpaired) electrons. The molecule has 7 heteroatoms. The van der Waals surface area contributed by atoms with Crippen LogP contribution in [0.1, 0.15) is 12.0 Å². The van der Waals surface area contributed by atoms with E-state index in [4.69, 9.17) is 0 Å². The third-order valence-corrected chi connectivity index (χ3v) is 8.26. The van der Waals surface area contributed by atoms with Gasteiger partial charge in [-0.3, -0.25) is 9.10 Å². The minimum Gasteiger partial charge on any atom is -0.361 e. The van der Waals surface area contributed by atoms with Gasteiger partial charge in [0.2, 0.25) is 5.91 Å². The van der Waals surface area contributed by atoms with Crippen molar-refractivity contribution in [3.8, 4) is 0 Å². The summed E-state index contributed by atoms with van der Waals surface area (Å²) in [5.74, 6) is -0.187. The van der Waals surface area contributed by atoms with E-state index in [2.05, 4.69) is 17.1 Å². The highest BCUT2D eigenvalue weighted by molar-refractivity contribution is 7.93. The van der Waals surface area contributed by atoms with Crippen LogP contribution >= 0.6 is 0 Å². The number of hydrogen-bond acceptors (Lipinski definition) is 3. The minimum absolute atomic E-state index is 0.187. The van der Waals surface area contributed by atoms with Crippen molar-refractivity contribution < 1.29 is 13.2 Å². The summed E-state index contributed by atoms with van der Waals surface area (Å²) in [7, 11) is -3.74. The average Bonchev–Trinajstić information content (AvgIpc) is 3.34. The lowest BCUT2D eigenvalue weighted by molar-refractivity contribution is -0.129. The lowest BCUT2D eigenvalue weighted by atomic mass is 9.99. The SMILES string of the molecule is O=C(CN1c2cccc3cccc(c23)S1(=O)=O)N1CC=C(c2c[nH]c3ccccc23)CC1. The number of para-hydroxylation sites is 1. The molecule has 1 aromatic heterocycles. The smallest absolute Gasteiger partial charge is 0.265 e. The van der Waals surface area contributed by atoms with Gasteiger partial charge < -0.3 is 9.88 Å². The van der Waals surface area contributed by atoms with Gasteiger partial charge in [-0.2, -0.15) is 0 Å². The highest BCUT2D eigenvalue weighted by atomic mass is 32.2. The molecule has 0 unspecified atom stereocenters. The van der Waals surface area contributed by atoms with Crippen LogP contribution in [0, 0.1) is 0 Å². The van der Waals surface area contributed by atoms with Gasteiger partial charge in [-0.05, 0) is 35.6 Å². The standard InChI is InChI=1S/C25H21N3O3S/c29-24(16-28-22-9-3-5-18-6-4-10-23(25(18)22)32(28,30)31)27-13-11-17(12-14-27)20-15-26-21-8-2-1-7-19(20)21/h1-11,15,26H,12-14,16H2. The number of aromatic amines is 1. The summed E-state index contributed by atoms with van der Waals surface area (Å²) in [4.78, 5) is 18.4. The largest absolute Gasteiger partial charge is 0.361 e. The number of hydrogen-bond donors (Lipinski definition) is 1. The van der Waals surface area contributed by atoms with Crippen molar-refractivity contribution in [3.63, 3.8) is 0 Å². The Bertz CT molecular complexity index is 1530. The van der Waals surface area contributed by atoms with Crippen molar-refractivity contribution >= 4 is 48.9 Å². The van der Waals surface area contributed by atoms with Crippen LogP contribution in [0.4, 0.5) is 5.69 Å². The number of nitrogens with one attached hydrogen (secondary N) is 1. The molecule has 0 aliphatic carbocycles. The van der Waals surface area contributed by atoms with E-state index in [-0.39, 0.29) is 17.3 Å². The van der Waals surface area contributed by atoms with Gasteiger partial charge in [-0.1, -0.05) is 48.5 Å². The van der Waals surface area contributed by atoms with Gasteiger partial charge in [0.15, 0.2) is 0 Å². The molecule has 0 saturated heterocycles. The molecular formula is C25H21N3O3S. The van der Waals surface area contributed by atoms with Crippen LogP contribution in [-0.2, 0) is 14.8 Å². The lowest BCUT2D eigenvalue weighted by Gasteiger charge is -2.28. The lowest BCUT2D eigenvalue weighted by Crippen LogP contribution is -2.43. The van der Waals surface area contributed by atoms with Crippen molar-refractivity contribution in [3.05, 3.63) is 78.5 Å². The number of fused-ring (bicyclic) bond motifs is 1. The summed E-state index contributed by atoms with van der Waals surface area (Å²) in [6.45, 7) is 0.848. The molecule has 3 heterocycles. The van der Waals surface area contributed by atoms with Gasteiger partial charge in [-0.15, -0.1) is 0 Å². The Morgan fingerprint density at radius 2 is 1.81 bits per heavy atom. The monoisotopic (exact) mass is 443 g/mol. The summed E-state index contributed by atoms with van der Waals surface area (Å²) in [6, 6.07) is 18.9. The van der Waals surface area contributed by atoms with E-state index in [1.54, 1.807) is 23.1 Å². The molecule has 6 nitrogen and oxygen atoms in total. The summed E-state index contributed by atoms with van der Waals surface area (Å²) < 4.78 is 27.6. The van der Waals surface area contributed by atoms with E-state index in [9.17, 15) is 13.2 Å². The van der Waals surface area contributed by atoms with E-state index < -0.39 is 10.0 Å². The highest BCUT2D eigenvalue weighted by Crippen LogP contribution is 2.42. The molecular weight excluding hydrogens is 422 g/mol. The van der Waals surface area contributed by atoms with E-state index in [1.807, 2.05) is 42.6 Å². The number of rotatable bonds is 3. The third kappa shape index (κ3) is 2.78. The molecule has 1 N–H and O–H groups in total. The second-order valence-electron chi connectivity index (χ2n) is 8.21. The number of benzene rings is 3. The first-order valence-electron chi connectivity index (χ1n) is 10.6. The van der Waals surface area contributed by atoms with E-state index >= 15 is 0 Å². The number of anilines is 1. The second kappa shape index (κ2) is 6.97. The highest BCUT2D eigenvalue weighted by Gasteiger charge is 2.37. The van der Waals surface area contributed by atoms with Crippen LogP contribution in [-0.4, -0.2) is 43.8 Å². The maximum atomic E-state index is 13.2. The zero-order valence-corrected chi connectivity index (χ0v) is 18.1. The van der Waals surface area contributed by atoms with Gasteiger partial charge in [0, 0.05) is 41.1 Å². The molecule has 6 rings (SSSR count). The number of sulfonamides is 1. The van der Waals surface area contributed by atoms with Crippen LogP contribution < -0.4 is 4.31 Å². The molecule has 0 bridgehead atoms. The van der Waals surface area contributed by atoms with Crippen LogP contribution in [0.2, 0.25) is 0 Å². The molecule has 32 heavy (non-hydrogen) atoms. The van der Waals surface area contributed by atoms with Crippen molar-refractivity contribution in [1.29, 1.82) is 0 Å². The summed E-state index contributed by atoms with van der Waals surface area (Å²) in [5, 5.41) is 2.73. The molecule has 0 saturated carbocycles. The summed E-state index contributed by atoms with van der Waals surface area (Å²) >= 11 is 0. The average molecular weight is 444 g/mol. The zero-order chi connectivity index (χ0) is 21.9. The van der Waals surface area contributed by atoms with Crippen molar-refractivity contribution in [2.75, 3.05) is 23.9 Å². The second-order valence-corrected chi connectivity index (χ2v) is 10.0. The molecule has 0 fully saturated rings. The van der Waals surface area contributed by atoms with Crippen molar-refractivity contribution in [2.45, 2.75) is 11.3 Å². The van der Waals surface area contributed by atoms with Gasteiger partial charge in [0.1, 0.15) is 6.54 Å². The number of H-pyrrole nitrogens is 1. The number of nitrogens with zero attached hydrogens (tertiary/aromatic N) is 2. The number of carbonyl (C=O) groups is 1. The predicted molar refractivity (Wildman–Crippen MR) is 126 cm³/mol. The number of aromatic nitrogens is 1. The Morgan fingerprint density at radius 1 is 1.00 bits per heavy atom. The van der Waals surface area contributed by atoms with Gasteiger partial charge in [0.25, 0.3) is 10.0 Å². The fraction of sp³-hybridized carbons (Fsp3) is 0.160. The molecule has 0 spiro atoms. The maximum absolute atomic E-state index is 13.2. The van der Waals surface area contributed by atoms with E-state index in [1.165, 1.54) is 15.3 Å². The van der Waals surface area contributed by atoms with Crippen LogP contribution in [0.15, 0.2) is 77.8 Å². The van der Waals surface area contributed by atoms with E-state index in [0.717, 1.165) is 22.9 Å². The Labute approximate surface area is 185 Å². The number of amides is 1. The first kappa shape index (κ1) is 19.1. The quantitative estimate of drug-likeness (QED) is 0.517. The van der Waals surface area contributed by atoms with Gasteiger partial charge >= 0.3 is 0 Å². The molecule has 160 valence electrons. The molecule has 2 aliphatic heterocycles. The Balaban J connectivity index is 1.25.